The lowest BCUT2D eigenvalue weighted by atomic mass is 9.86. The van der Waals surface area contributed by atoms with E-state index < -0.39 is 0 Å². The third-order valence-corrected chi connectivity index (χ3v) is 5.76. The standard InChI is InChI=1S/C19H28N4O2S/c1-13(2)11-23-18(16-9-6-10-25-16)21-22-19(23)26-12-17(24)20-15-8-5-4-7-14(15)3/h6,9-10,13-15H,4-5,7-8,11-12H2,1-3H3,(H,20,24). The first-order valence-electron chi connectivity index (χ1n) is 9.44. The molecule has 0 aliphatic heterocycles. The SMILES string of the molecule is CC(C)Cn1c(SCC(=O)NC2CCCCC2C)nnc1-c1ccco1. The summed E-state index contributed by atoms with van der Waals surface area (Å²) in [7, 11) is 0. The van der Waals surface area contributed by atoms with Gasteiger partial charge in [-0.25, -0.2) is 0 Å². The summed E-state index contributed by atoms with van der Waals surface area (Å²) in [6.45, 7) is 7.31. The van der Waals surface area contributed by atoms with Crippen LogP contribution in [0.3, 0.4) is 0 Å². The van der Waals surface area contributed by atoms with Gasteiger partial charge in [0.05, 0.1) is 12.0 Å². The van der Waals surface area contributed by atoms with Crippen molar-refractivity contribution in [1.82, 2.24) is 20.1 Å². The van der Waals surface area contributed by atoms with Crippen molar-refractivity contribution in [2.45, 2.75) is 64.2 Å². The van der Waals surface area contributed by atoms with Crippen molar-refractivity contribution in [2.24, 2.45) is 11.8 Å². The Morgan fingerprint density at radius 1 is 1.38 bits per heavy atom. The molecule has 0 saturated heterocycles. The molecule has 26 heavy (non-hydrogen) atoms. The minimum absolute atomic E-state index is 0.0763. The fourth-order valence-corrected chi connectivity index (χ4v) is 4.18. The number of aromatic nitrogens is 3. The topological polar surface area (TPSA) is 73.0 Å². The quantitative estimate of drug-likeness (QED) is 0.740. The second kappa shape index (κ2) is 8.75. The van der Waals surface area contributed by atoms with E-state index in [1.54, 1.807) is 6.26 Å². The van der Waals surface area contributed by atoms with E-state index in [0.29, 0.717) is 35.2 Å². The maximum Gasteiger partial charge on any atom is 0.230 e. The molecular formula is C19H28N4O2S. The number of hydrogen-bond donors (Lipinski definition) is 1. The molecule has 2 aromatic rings. The highest BCUT2D eigenvalue weighted by molar-refractivity contribution is 7.99. The van der Waals surface area contributed by atoms with Crippen LogP contribution in [0.2, 0.25) is 0 Å². The van der Waals surface area contributed by atoms with Gasteiger partial charge in [-0.3, -0.25) is 9.36 Å². The van der Waals surface area contributed by atoms with Gasteiger partial charge in [0.15, 0.2) is 16.7 Å². The molecule has 0 spiro atoms. The van der Waals surface area contributed by atoms with Crippen molar-refractivity contribution >= 4 is 17.7 Å². The van der Waals surface area contributed by atoms with Crippen molar-refractivity contribution in [1.29, 1.82) is 0 Å². The summed E-state index contributed by atoms with van der Waals surface area (Å²) in [5.41, 5.74) is 0. The second-order valence-electron chi connectivity index (χ2n) is 7.51. The van der Waals surface area contributed by atoms with E-state index >= 15 is 0 Å². The highest BCUT2D eigenvalue weighted by Crippen LogP contribution is 2.26. The smallest absolute Gasteiger partial charge is 0.230 e. The van der Waals surface area contributed by atoms with Crippen molar-refractivity contribution in [3.05, 3.63) is 18.4 Å². The summed E-state index contributed by atoms with van der Waals surface area (Å²) in [6.07, 6.45) is 6.40. The molecular weight excluding hydrogens is 348 g/mol. The Kier molecular flexibility index (Phi) is 6.40. The first-order valence-corrected chi connectivity index (χ1v) is 10.4. The van der Waals surface area contributed by atoms with Crippen molar-refractivity contribution in [3.63, 3.8) is 0 Å². The number of amides is 1. The van der Waals surface area contributed by atoms with Gasteiger partial charge in [-0.05, 0) is 36.8 Å². The summed E-state index contributed by atoms with van der Waals surface area (Å²) >= 11 is 1.44. The molecule has 142 valence electrons. The van der Waals surface area contributed by atoms with E-state index in [9.17, 15) is 4.79 Å². The Hall–Kier alpha value is -1.76. The van der Waals surface area contributed by atoms with E-state index in [1.807, 2.05) is 16.7 Å². The Balaban J connectivity index is 1.64. The van der Waals surface area contributed by atoms with Gasteiger partial charge in [0.2, 0.25) is 5.91 Å². The number of hydrogen-bond acceptors (Lipinski definition) is 5. The normalized spacial score (nSPS) is 20.5. The predicted molar refractivity (Wildman–Crippen MR) is 103 cm³/mol. The molecule has 1 aliphatic rings. The molecule has 1 fully saturated rings. The highest BCUT2D eigenvalue weighted by Gasteiger charge is 2.23. The molecule has 0 radical (unpaired) electrons. The third kappa shape index (κ3) is 4.69. The number of carbonyl (C=O) groups excluding carboxylic acids is 1. The van der Waals surface area contributed by atoms with Gasteiger partial charge >= 0.3 is 0 Å². The lowest BCUT2D eigenvalue weighted by Gasteiger charge is -2.29. The summed E-state index contributed by atoms with van der Waals surface area (Å²) in [5.74, 6) is 2.85. The Bertz CT molecular complexity index is 711. The Morgan fingerprint density at radius 2 is 2.19 bits per heavy atom. The molecule has 1 aliphatic carbocycles. The third-order valence-electron chi connectivity index (χ3n) is 4.80. The summed E-state index contributed by atoms with van der Waals surface area (Å²) in [4.78, 5) is 12.4. The van der Waals surface area contributed by atoms with Gasteiger partial charge in [-0.15, -0.1) is 10.2 Å². The van der Waals surface area contributed by atoms with Crippen LogP contribution in [0.15, 0.2) is 28.0 Å². The number of nitrogens with zero attached hydrogens (tertiary/aromatic N) is 3. The fraction of sp³-hybridized carbons (Fsp3) is 0.632. The molecule has 2 atom stereocenters. The number of rotatable bonds is 7. The molecule has 2 aromatic heterocycles. The second-order valence-corrected chi connectivity index (χ2v) is 8.45. The van der Waals surface area contributed by atoms with Crippen LogP contribution in [0.1, 0.15) is 46.5 Å². The van der Waals surface area contributed by atoms with Crippen LogP contribution in [-0.4, -0.2) is 32.5 Å². The highest BCUT2D eigenvalue weighted by atomic mass is 32.2. The van der Waals surface area contributed by atoms with E-state index in [4.69, 9.17) is 4.42 Å². The summed E-state index contributed by atoms with van der Waals surface area (Å²) in [6, 6.07) is 4.03. The Labute approximate surface area is 159 Å². The number of nitrogens with one attached hydrogen (secondary N) is 1. The number of carbonyl (C=O) groups is 1. The van der Waals surface area contributed by atoms with Gasteiger partial charge in [0, 0.05) is 12.6 Å². The van der Waals surface area contributed by atoms with Crippen molar-refractivity contribution in [3.8, 4) is 11.6 Å². The first kappa shape index (κ1) is 19.0. The molecule has 1 saturated carbocycles. The molecule has 0 bridgehead atoms. The van der Waals surface area contributed by atoms with E-state index in [0.717, 1.165) is 18.1 Å². The number of furan rings is 1. The molecule has 1 N–H and O–H groups in total. The molecule has 6 nitrogen and oxygen atoms in total. The zero-order valence-electron chi connectivity index (χ0n) is 15.8. The molecule has 3 rings (SSSR count). The minimum Gasteiger partial charge on any atom is -0.461 e. The van der Waals surface area contributed by atoms with Crippen molar-refractivity contribution < 1.29 is 9.21 Å². The summed E-state index contributed by atoms with van der Waals surface area (Å²) in [5, 5.41) is 12.5. The molecule has 2 unspecified atom stereocenters. The lowest BCUT2D eigenvalue weighted by Crippen LogP contribution is -2.41. The van der Waals surface area contributed by atoms with Crippen LogP contribution in [0, 0.1) is 11.8 Å². The minimum atomic E-state index is 0.0763. The fourth-order valence-electron chi connectivity index (χ4n) is 3.42. The molecule has 1 amide bonds. The summed E-state index contributed by atoms with van der Waals surface area (Å²) < 4.78 is 7.53. The van der Waals surface area contributed by atoms with Crippen LogP contribution >= 0.6 is 11.8 Å². The average Bonchev–Trinajstić information content (AvgIpc) is 3.24. The van der Waals surface area contributed by atoms with E-state index in [2.05, 4.69) is 36.3 Å². The molecule has 0 aromatic carbocycles. The van der Waals surface area contributed by atoms with Gasteiger partial charge in [0.25, 0.3) is 0 Å². The molecule has 7 heteroatoms. The van der Waals surface area contributed by atoms with Crippen LogP contribution in [-0.2, 0) is 11.3 Å². The maximum absolute atomic E-state index is 12.4. The zero-order valence-corrected chi connectivity index (χ0v) is 16.6. The predicted octanol–water partition coefficient (Wildman–Crippen LogP) is 3.98. The maximum atomic E-state index is 12.4. The lowest BCUT2D eigenvalue weighted by molar-refractivity contribution is -0.119. The molecule has 2 heterocycles. The van der Waals surface area contributed by atoms with E-state index in [1.165, 1.54) is 31.0 Å². The first-order chi connectivity index (χ1) is 12.5. The average molecular weight is 377 g/mol. The van der Waals surface area contributed by atoms with Crippen molar-refractivity contribution in [2.75, 3.05) is 5.75 Å². The number of thioether (sulfide) groups is 1. The zero-order chi connectivity index (χ0) is 18.5. The van der Waals surface area contributed by atoms with Crippen LogP contribution in [0.25, 0.3) is 11.6 Å². The van der Waals surface area contributed by atoms with Gasteiger partial charge < -0.3 is 9.73 Å². The monoisotopic (exact) mass is 376 g/mol. The van der Waals surface area contributed by atoms with Gasteiger partial charge in [-0.2, -0.15) is 0 Å². The van der Waals surface area contributed by atoms with Crippen LogP contribution in [0.5, 0.6) is 0 Å². The van der Waals surface area contributed by atoms with Crippen LogP contribution in [0.4, 0.5) is 0 Å². The van der Waals surface area contributed by atoms with Gasteiger partial charge in [0.1, 0.15) is 0 Å². The van der Waals surface area contributed by atoms with Gasteiger partial charge in [-0.1, -0.05) is 45.4 Å². The van der Waals surface area contributed by atoms with E-state index in [-0.39, 0.29) is 5.91 Å². The largest absolute Gasteiger partial charge is 0.461 e. The van der Waals surface area contributed by atoms with Crippen LogP contribution < -0.4 is 5.32 Å². The Morgan fingerprint density at radius 3 is 2.88 bits per heavy atom.